The quantitative estimate of drug-likeness (QED) is 0.801. The lowest BCUT2D eigenvalue weighted by Crippen LogP contribution is -2.44. The number of piperidine rings is 1. The number of rotatable bonds is 1. The van der Waals surface area contributed by atoms with Crippen LogP contribution in [0.2, 0.25) is 0 Å². The average molecular weight is 292 g/mol. The van der Waals surface area contributed by atoms with Crippen molar-refractivity contribution in [2.45, 2.75) is 19.3 Å². The number of carbonyl (C=O) groups is 1. The van der Waals surface area contributed by atoms with E-state index in [2.05, 4.69) is 5.32 Å². The van der Waals surface area contributed by atoms with E-state index in [1.54, 1.807) is 18.2 Å². The Labute approximate surface area is 122 Å². The van der Waals surface area contributed by atoms with E-state index in [4.69, 9.17) is 21.7 Å². The third-order valence-electron chi connectivity index (χ3n) is 3.50. The molecule has 106 valence electrons. The lowest BCUT2D eigenvalue weighted by Gasteiger charge is -2.28. The number of thiocarbonyl (C=S) groups is 1. The summed E-state index contributed by atoms with van der Waals surface area (Å²) in [5.74, 6) is 1.06. The molecule has 0 saturated carbocycles. The molecule has 2 aliphatic heterocycles. The topological polar surface area (TPSA) is 50.8 Å². The third kappa shape index (κ3) is 2.70. The van der Waals surface area contributed by atoms with Gasteiger partial charge in [-0.2, -0.15) is 0 Å². The summed E-state index contributed by atoms with van der Waals surface area (Å²) >= 11 is 5.29. The summed E-state index contributed by atoms with van der Waals surface area (Å²) in [6, 6.07) is 5.12. The second-order valence-electron chi connectivity index (χ2n) is 4.88. The minimum atomic E-state index is -0.209. The Morgan fingerprint density at radius 1 is 1.15 bits per heavy atom. The molecular formula is C14H16N2O3S. The Bertz CT molecular complexity index is 541. The van der Waals surface area contributed by atoms with E-state index in [9.17, 15) is 4.79 Å². The zero-order valence-electron chi connectivity index (χ0n) is 11.1. The van der Waals surface area contributed by atoms with Crippen LogP contribution in [0, 0.1) is 0 Å². The molecule has 1 N–H and O–H groups in total. The van der Waals surface area contributed by atoms with Gasteiger partial charge in [0.15, 0.2) is 16.6 Å². The van der Waals surface area contributed by atoms with Gasteiger partial charge in [-0.1, -0.05) is 0 Å². The molecule has 0 unspecified atom stereocenters. The molecule has 1 aromatic carbocycles. The van der Waals surface area contributed by atoms with Crippen LogP contribution < -0.4 is 14.8 Å². The van der Waals surface area contributed by atoms with E-state index in [1.165, 1.54) is 6.42 Å². The highest BCUT2D eigenvalue weighted by Crippen LogP contribution is 2.32. The van der Waals surface area contributed by atoms with Crippen LogP contribution in [0.25, 0.3) is 0 Å². The van der Waals surface area contributed by atoms with Crippen LogP contribution in [-0.4, -0.2) is 35.8 Å². The maximum absolute atomic E-state index is 12.2. The molecule has 0 radical (unpaired) electrons. The maximum atomic E-state index is 12.2. The number of hydrogen-bond donors (Lipinski definition) is 1. The predicted octanol–water partition coefficient (Wildman–Crippen LogP) is 1.92. The summed E-state index contributed by atoms with van der Waals surface area (Å²) < 4.78 is 10.5. The van der Waals surface area contributed by atoms with Crippen LogP contribution in [-0.2, 0) is 0 Å². The molecule has 6 heteroatoms. The molecule has 0 aliphatic carbocycles. The van der Waals surface area contributed by atoms with Crippen LogP contribution >= 0.6 is 12.2 Å². The van der Waals surface area contributed by atoms with Gasteiger partial charge in [-0.15, -0.1) is 0 Å². The minimum Gasteiger partial charge on any atom is -0.454 e. The van der Waals surface area contributed by atoms with Crippen molar-refractivity contribution >= 4 is 23.2 Å². The molecule has 5 nitrogen and oxygen atoms in total. The van der Waals surface area contributed by atoms with E-state index in [-0.39, 0.29) is 12.7 Å². The lowest BCUT2D eigenvalue weighted by molar-refractivity contribution is 0.0972. The number of likely N-dealkylation sites (tertiary alicyclic amines) is 1. The first-order chi connectivity index (χ1) is 9.74. The number of hydrogen-bond acceptors (Lipinski definition) is 4. The van der Waals surface area contributed by atoms with Crippen molar-refractivity contribution < 1.29 is 14.3 Å². The molecule has 1 fully saturated rings. The van der Waals surface area contributed by atoms with Gasteiger partial charge in [0, 0.05) is 18.7 Å². The zero-order chi connectivity index (χ0) is 13.9. The number of ether oxygens (including phenoxy) is 2. The van der Waals surface area contributed by atoms with Crippen molar-refractivity contribution in [3.8, 4) is 11.5 Å². The molecule has 0 aromatic heterocycles. The first-order valence-corrected chi connectivity index (χ1v) is 7.15. The standard InChI is InChI=1S/C14H16N2O3S/c17-13(15-14(20)16-6-2-1-3-7-16)10-4-5-11-12(8-10)19-9-18-11/h4-5,8H,1-3,6-7,9H2,(H,15,17,20). The second kappa shape index (κ2) is 5.66. The van der Waals surface area contributed by atoms with Gasteiger partial charge < -0.3 is 14.4 Å². The second-order valence-corrected chi connectivity index (χ2v) is 5.26. The molecule has 20 heavy (non-hydrogen) atoms. The molecule has 2 aliphatic rings. The SMILES string of the molecule is O=C(NC(=S)N1CCCCC1)c1ccc2c(c1)OCO2. The van der Waals surface area contributed by atoms with E-state index >= 15 is 0 Å². The Balaban J connectivity index is 1.65. The van der Waals surface area contributed by atoms with Crippen LogP contribution in [0.15, 0.2) is 18.2 Å². The average Bonchev–Trinajstić information content (AvgIpc) is 2.95. The van der Waals surface area contributed by atoms with Crippen molar-refractivity contribution in [3.05, 3.63) is 23.8 Å². The number of amides is 1. The van der Waals surface area contributed by atoms with Gasteiger partial charge in [-0.05, 0) is 49.7 Å². The summed E-state index contributed by atoms with van der Waals surface area (Å²) in [5, 5.41) is 3.29. The fourth-order valence-corrected chi connectivity index (χ4v) is 2.66. The van der Waals surface area contributed by atoms with Crippen LogP contribution in [0.3, 0.4) is 0 Å². The largest absolute Gasteiger partial charge is 0.454 e. The minimum absolute atomic E-state index is 0.201. The maximum Gasteiger partial charge on any atom is 0.257 e. The summed E-state index contributed by atoms with van der Waals surface area (Å²) in [6.45, 7) is 2.03. The van der Waals surface area contributed by atoms with Gasteiger partial charge in [0.05, 0.1) is 0 Å². The Morgan fingerprint density at radius 3 is 2.70 bits per heavy atom. The number of nitrogens with one attached hydrogen (secondary N) is 1. The van der Waals surface area contributed by atoms with Gasteiger partial charge in [0.2, 0.25) is 6.79 Å². The molecule has 0 spiro atoms. The van der Waals surface area contributed by atoms with E-state index in [0.717, 1.165) is 25.9 Å². The Kier molecular flexibility index (Phi) is 3.73. The Morgan fingerprint density at radius 2 is 1.90 bits per heavy atom. The van der Waals surface area contributed by atoms with Crippen molar-refractivity contribution in [3.63, 3.8) is 0 Å². The van der Waals surface area contributed by atoms with Gasteiger partial charge in [-0.3, -0.25) is 10.1 Å². The van der Waals surface area contributed by atoms with Gasteiger partial charge in [0.25, 0.3) is 5.91 Å². The molecule has 0 bridgehead atoms. The molecule has 1 aromatic rings. The van der Waals surface area contributed by atoms with Crippen molar-refractivity contribution in [1.29, 1.82) is 0 Å². The highest BCUT2D eigenvalue weighted by atomic mass is 32.1. The molecule has 1 amide bonds. The van der Waals surface area contributed by atoms with E-state index in [1.807, 2.05) is 4.90 Å². The molecule has 2 heterocycles. The zero-order valence-corrected chi connectivity index (χ0v) is 11.9. The number of nitrogens with zero attached hydrogens (tertiary/aromatic N) is 1. The van der Waals surface area contributed by atoms with Crippen LogP contribution in [0.5, 0.6) is 11.5 Å². The van der Waals surface area contributed by atoms with E-state index in [0.29, 0.717) is 22.2 Å². The summed E-state index contributed by atoms with van der Waals surface area (Å²) in [7, 11) is 0. The molecule has 1 saturated heterocycles. The fraction of sp³-hybridized carbons (Fsp3) is 0.429. The summed E-state index contributed by atoms with van der Waals surface area (Å²) in [5.41, 5.74) is 0.522. The van der Waals surface area contributed by atoms with E-state index < -0.39 is 0 Å². The molecular weight excluding hydrogens is 276 g/mol. The lowest BCUT2D eigenvalue weighted by atomic mass is 10.1. The van der Waals surface area contributed by atoms with Crippen LogP contribution in [0.1, 0.15) is 29.6 Å². The normalized spacial score (nSPS) is 16.9. The number of fused-ring (bicyclic) bond motifs is 1. The first-order valence-electron chi connectivity index (χ1n) is 6.74. The molecule has 0 atom stereocenters. The third-order valence-corrected chi connectivity index (χ3v) is 3.86. The number of benzene rings is 1. The van der Waals surface area contributed by atoms with Crippen molar-refractivity contribution in [1.82, 2.24) is 10.2 Å². The monoisotopic (exact) mass is 292 g/mol. The summed E-state index contributed by atoms with van der Waals surface area (Å²) in [4.78, 5) is 14.2. The number of carbonyl (C=O) groups excluding carboxylic acids is 1. The Hall–Kier alpha value is -1.82. The van der Waals surface area contributed by atoms with Crippen molar-refractivity contribution in [2.24, 2.45) is 0 Å². The smallest absolute Gasteiger partial charge is 0.257 e. The molecule has 3 rings (SSSR count). The predicted molar refractivity (Wildman–Crippen MR) is 78.1 cm³/mol. The van der Waals surface area contributed by atoms with Gasteiger partial charge >= 0.3 is 0 Å². The van der Waals surface area contributed by atoms with Gasteiger partial charge in [0.1, 0.15) is 0 Å². The van der Waals surface area contributed by atoms with Crippen LogP contribution in [0.4, 0.5) is 0 Å². The fourth-order valence-electron chi connectivity index (χ4n) is 2.38. The highest BCUT2D eigenvalue weighted by molar-refractivity contribution is 7.80. The van der Waals surface area contributed by atoms with Gasteiger partial charge in [-0.25, -0.2) is 0 Å². The first kappa shape index (κ1) is 13.2. The summed E-state index contributed by atoms with van der Waals surface area (Å²) in [6.07, 6.45) is 3.48. The highest BCUT2D eigenvalue weighted by Gasteiger charge is 2.19. The van der Waals surface area contributed by atoms with Crippen molar-refractivity contribution in [2.75, 3.05) is 19.9 Å².